The van der Waals surface area contributed by atoms with Crippen molar-refractivity contribution in [3.8, 4) is 0 Å². The van der Waals surface area contributed by atoms with Crippen molar-refractivity contribution in [3.63, 3.8) is 0 Å². The topological polar surface area (TPSA) is 102 Å². The average Bonchev–Trinajstić information content (AvgIpc) is 2.95. The lowest BCUT2D eigenvalue weighted by Crippen LogP contribution is -2.58. The van der Waals surface area contributed by atoms with Crippen LogP contribution in [0.4, 0.5) is 21.0 Å². The molecule has 170 valence electrons. The molecule has 0 radical (unpaired) electrons. The predicted molar refractivity (Wildman–Crippen MR) is 120 cm³/mol. The molecule has 0 bridgehead atoms. The molecule has 0 aromatic heterocycles. The van der Waals surface area contributed by atoms with Gasteiger partial charge in [0.05, 0.1) is 12.6 Å². The van der Waals surface area contributed by atoms with Crippen LogP contribution in [0.2, 0.25) is 10.0 Å². The van der Waals surface area contributed by atoms with Crippen LogP contribution in [0.5, 0.6) is 0 Å². The molecule has 32 heavy (non-hydrogen) atoms. The van der Waals surface area contributed by atoms with Crippen LogP contribution in [0, 0.1) is 0 Å². The van der Waals surface area contributed by atoms with Crippen LogP contribution in [-0.4, -0.2) is 58.6 Å². The number of amides is 4. The maximum absolute atomic E-state index is 13.3. The fourth-order valence-electron chi connectivity index (χ4n) is 3.49. The molecule has 1 saturated heterocycles. The maximum Gasteiger partial charge on any atom is 0.347 e. The average molecular weight is 481 g/mol. The second kappa shape index (κ2) is 9.23. The summed E-state index contributed by atoms with van der Waals surface area (Å²) in [5, 5.41) is 14.8. The Kier molecular flexibility index (Phi) is 6.82. The second-order valence-corrected chi connectivity index (χ2v) is 8.47. The highest BCUT2D eigenvalue weighted by Crippen LogP contribution is 2.38. The number of esters is 1. The van der Waals surface area contributed by atoms with Gasteiger partial charge in [-0.25, -0.2) is 9.59 Å². The highest BCUT2D eigenvalue weighted by molar-refractivity contribution is 6.31. The fourth-order valence-corrected chi connectivity index (χ4v) is 3.74. The highest BCUT2D eigenvalue weighted by Gasteiger charge is 2.56. The molecular formula is C21H22Cl2N4O5. The first-order valence-electron chi connectivity index (χ1n) is 9.54. The van der Waals surface area contributed by atoms with E-state index in [4.69, 9.17) is 27.9 Å². The molecule has 3 rings (SSSR count). The molecule has 1 heterocycles. The molecule has 9 nitrogen and oxygen atoms in total. The Bertz CT molecular complexity index is 1010. The molecule has 11 heteroatoms. The summed E-state index contributed by atoms with van der Waals surface area (Å²) in [5.41, 5.74) is -0.412. The first-order chi connectivity index (χ1) is 15.1. The van der Waals surface area contributed by atoms with Crippen molar-refractivity contribution in [3.05, 3.63) is 58.6 Å². The van der Waals surface area contributed by atoms with Gasteiger partial charge in [-0.2, -0.15) is 5.06 Å². The van der Waals surface area contributed by atoms with E-state index in [0.29, 0.717) is 26.5 Å². The molecular weight excluding hydrogens is 459 g/mol. The third-order valence-corrected chi connectivity index (χ3v) is 5.67. The number of carbonyl (C=O) groups excluding carboxylic acids is 3. The Morgan fingerprint density at radius 3 is 2.16 bits per heavy atom. The standard InChI is InChI=1S/C21H22Cl2N4O5/c1-21(2)18(27(31)19(29)24-15-8-4-13(22)5-9-15)26(16-10-6-14(23)7-11-16)20(30)25(21)12-17(28)32-3/h4-11,18,31H,12H2,1-3H3,(H,24,29)/t18-/m1/s1. The van der Waals surface area contributed by atoms with E-state index in [0.717, 1.165) is 0 Å². The van der Waals surface area contributed by atoms with Gasteiger partial charge >= 0.3 is 18.0 Å². The molecule has 1 aliphatic heterocycles. The van der Waals surface area contributed by atoms with Gasteiger partial charge in [-0.3, -0.25) is 14.9 Å². The van der Waals surface area contributed by atoms with Gasteiger partial charge in [0, 0.05) is 21.4 Å². The minimum atomic E-state index is -1.19. The Morgan fingerprint density at radius 1 is 1.09 bits per heavy atom. The van der Waals surface area contributed by atoms with Gasteiger partial charge in [0.2, 0.25) is 0 Å². The van der Waals surface area contributed by atoms with Crippen molar-refractivity contribution >= 4 is 52.6 Å². The normalized spacial score (nSPS) is 17.3. The number of carbonyl (C=O) groups is 3. The first-order valence-corrected chi connectivity index (χ1v) is 10.3. The van der Waals surface area contributed by atoms with Gasteiger partial charge in [0.1, 0.15) is 6.54 Å². The largest absolute Gasteiger partial charge is 0.468 e. The molecule has 1 fully saturated rings. The molecule has 4 amide bonds. The number of benzene rings is 2. The van der Waals surface area contributed by atoms with Gasteiger partial charge in [0.25, 0.3) is 0 Å². The van der Waals surface area contributed by atoms with Crippen LogP contribution in [0.25, 0.3) is 0 Å². The smallest absolute Gasteiger partial charge is 0.347 e. The van der Waals surface area contributed by atoms with Gasteiger partial charge in [-0.1, -0.05) is 23.2 Å². The second-order valence-electron chi connectivity index (χ2n) is 7.60. The Morgan fingerprint density at radius 2 is 1.62 bits per heavy atom. The zero-order chi connectivity index (χ0) is 23.6. The maximum atomic E-state index is 13.3. The van der Waals surface area contributed by atoms with Gasteiger partial charge in [-0.05, 0) is 62.4 Å². The molecule has 0 saturated carbocycles. The van der Waals surface area contributed by atoms with Crippen LogP contribution in [0.3, 0.4) is 0 Å². The quantitative estimate of drug-likeness (QED) is 0.374. The number of nitrogens with zero attached hydrogens (tertiary/aromatic N) is 3. The number of rotatable bonds is 5. The molecule has 1 atom stereocenters. The van der Waals surface area contributed by atoms with E-state index in [1.807, 2.05) is 0 Å². The third-order valence-electron chi connectivity index (χ3n) is 5.16. The SMILES string of the molecule is COC(=O)CN1C(=O)N(c2ccc(Cl)cc2)[C@H](N(O)C(=O)Nc2ccc(Cl)cc2)C1(C)C. The summed E-state index contributed by atoms with van der Waals surface area (Å²) in [5.74, 6) is -0.641. The van der Waals surface area contributed by atoms with Crippen molar-refractivity contribution in [2.24, 2.45) is 0 Å². The molecule has 2 N–H and O–H groups in total. The van der Waals surface area contributed by atoms with Crippen molar-refractivity contribution in [2.75, 3.05) is 23.9 Å². The highest BCUT2D eigenvalue weighted by atomic mass is 35.5. The summed E-state index contributed by atoms with van der Waals surface area (Å²) in [6.45, 7) is 2.90. The minimum Gasteiger partial charge on any atom is -0.468 e. The van der Waals surface area contributed by atoms with E-state index in [2.05, 4.69) is 5.32 Å². The predicted octanol–water partition coefficient (Wildman–Crippen LogP) is 4.44. The van der Waals surface area contributed by atoms with Gasteiger partial charge in [0.15, 0.2) is 6.17 Å². The van der Waals surface area contributed by atoms with Crippen LogP contribution in [-0.2, 0) is 9.53 Å². The number of halogens is 2. The Balaban J connectivity index is 1.98. The lowest BCUT2D eigenvalue weighted by molar-refractivity contribution is -0.143. The minimum absolute atomic E-state index is 0.366. The van der Waals surface area contributed by atoms with Crippen molar-refractivity contribution in [1.29, 1.82) is 0 Å². The van der Waals surface area contributed by atoms with E-state index in [1.54, 1.807) is 62.4 Å². The van der Waals surface area contributed by atoms with Gasteiger partial charge in [-0.15, -0.1) is 0 Å². The summed E-state index contributed by atoms with van der Waals surface area (Å²) in [6, 6.07) is 11.1. The zero-order valence-corrected chi connectivity index (χ0v) is 19.1. The van der Waals surface area contributed by atoms with Crippen LogP contribution in [0.1, 0.15) is 13.8 Å². The number of hydrogen-bond donors (Lipinski definition) is 2. The monoisotopic (exact) mass is 480 g/mol. The van der Waals surface area contributed by atoms with E-state index < -0.39 is 29.7 Å². The van der Waals surface area contributed by atoms with E-state index in [1.165, 1.54) is 16.9 Å². The summed E-state index contributed by atoms with van der Waals surface area (Å²) < 4.78 is 4.71. The molecule has 0 aliphatic carbocycles. The zero-order valence-electron chi connectivity index (χ0n) is 17.6. The number of anilines is 2. The lowest BCUT2D eigenvalue weighted by Gasteiger charge is -2.38. The van der Waals surface area contributed by atoms with Gasteiger partial charge < -0.3 is 15.0 Å². The van der Waals surface area contributed by atoms with Crippen LogP contribution in [0.15, 0.2) is 48.5 Å². The molecule has 1 aliphatic rings. The number of ether oxygens (including phenoxy) is 1. The molecule has 2 aromatic rings. The lowest BCUT2D eigenvalue weighted by atomic mass is 10.00. The number of methoxy groups -OCH3 is 1. The molecule has 0 spiro atoms. The van der Waals surface area contributed by atoms with Crippen LogP contribution >= 0.6 is 23.2 Å². The van der Waals surface area contributed by atoms with Crippen molar-refractivity contribution in [1.82, 2.24) is 9.96 Å². The first kappa shape index (κ1) is 23.6. The van der Waals surface area contributed by atoms with E-state index in [9.17, 15) is 19.6 Å². The molecule has 2 aromatic carbocycles. The summed E-state index contributed by atoms with van der Waals surface area (Å²) >= 11 is 11.8. The summed E-state index contributed by atoms with van der Waals surface area (Å²) in [4.78, 5) is 40.6. The Labute approximate surface area is 195 Å². The Hall–Kier alpha value is -3.01. The number of hydrogen-bond acceptors (Lipinski definition) is 5. The van der Waals surface area contributed by atoms with E-state index in [-0.39, 0.29) is 6.54 Å². The fraction of sp³-hybridized carbons (Fsp3) is 0.286. The summed E-state index contributed by atoms with van der Waals surface area (Å²) in [7, 11) is 1.21. The van der Waals surface area contributed by atoms with Crippen molar-refractivity contribution in [2.45, 2.75) is 25.6 Å². The van der Waals surface area contributed by atoms with E-state index >= 15 is 0 Å². The number of nitrogens with one attached hydrogen (secondary N) is 1. The number of urea groups is 2. The van der Waals surface area contributed by atoms with Crippen LogP contribution < -0.4 is 10.2 Å². The van der Waals surface area contributed by atoms with Crippen molar-refractivity contribution < 1.29 is 24.3 Å². The summed E-state index contributed by atoms with van der Waals surface area (Å²) in [6.07, 6.45) is -1.19. The third kappa shape index (κ3) is 4.59. The number of hydroxylamine groups is 2. The molecule has 0 unspecified atom stereocenters.